The number of rotatable bonds is 2. The number of piperidine rings is 1. The Morgan fingerprint density at radius 1 is 1.33 bits per heavy atom. The van der Waals surface area contributed by atoms with Crippen molar-refractivity contribution in [3.8, 4) is 0 Å². The summed E-state index contributed by atoms with van der Waals surface area (Å²) in [5.74, 6) is 0.428. The average Bonchev–Trinajstić information content (AvgIpc) is 2.76. The van der Waals surface area contributed by atoms with Gasteiger partial charge < -0.3 is 4.90 Å². The van der Waals surface area contributed by atoms with Crippen LogP contribution in [0, 0.1) is 5.92 Å². The van der Waals surface area contributed by atoms with Crippen molar-refractivity contribution in [3.05, 3.63) is 16.4 Å². The lowest BCUT2D eigenvalue weighted by Crippen LogP contribution is -2.42. The first-order valence-electron chi connectivity index (χ1n) is 6.51. The highest BCUT2D eigenvalue weighted by atomic mass is 79.9. The topological polar surface area (TPSA) is 38.1 Å². The van der Waals surface area contributed by atoms with Gasteiger partial charge in [-0.2, -0.15) is 5.10 Å². The van der Waals surface area contributed by atoms with Crippen LogP contribution in [-0.2, 0) is 7.05 Å². The van der Waals surface area contributed by atoms with E-state index in [1.807, 2.05) is 7.05 Å². The monoisotopic (exact) mass is 311 g/mol. The van der Waals surface area contributed by atoms with Crippen LogP contribution >= 0.6 is 15.9 Å². The molecule has 0 N–H and O–H groups in total. The third-order valence-corrected chi connectivity index (χ3v) is 5.18. The molecule has 0 amide bonds. The van der Waals surface area contributed by atoms with E-state index in [0.29, 0.717) is 12.1 Å². The summed E-state index contributed by atoms with van der Waals surface area (Å²) in [4.78, 5) is 15.1. The molecule has 0 saturated carbocycles. The van der Waals surface area contributed by atoms with Crippen molar-refractivity contribution in [1.29, 1.82) is 0 Å². The highest BCUT2D eigenvalue weighted by molar-refractivity contribution is 9.10. The van der Waals surface area contributed by atoms with Gasteiger partial charge in [0, 0.05) is 25.0 Å². The zero-order chi connectivity index (χ0) is 12.9. The second kappa shape index (κ2) is 4.46. The summed E-state index contributed by atoms with van der Waals surface area (Å²) in [6.45, 7) is 0. The summed E-state index contributed by atoms with van der Waals surface area (Å²) >= 11 is 3.43. The van der Waals surface area contributed by atoms with E-state index < -0.39 is 0 Å². The van der Waals surface area contributed by atoms with Crippen molar-refractivity contribution in [1.82, 2.24) is 14.7 Å². The Balaban J connectivity index is 1.83. The number of carbonyl (C=O) groups is 1. The molecule has 2 fully saturated rings. The lowest BCUT2D eigenvalue weighted by molar-refractivity contribution is 0.0757. The molecule has 0 spiro atoms. The molecule has 2 atom stereocenters. The van der Waals surface area contributed by atoms with Gasteiger partial charge >= 0.3 is 0 Å². The molecule has 5 heteroatoms. The smallest absolute Gasteiger partial charge is 0.185 e. The minimum Gasteiger partial charge on any atom is -0.300 e. The summed E-state index contributed by atoms with van der Waals surface area (Å²) in [7, 11) is 4.03. The number of halogens is 1. The fourth-order valence-electron chi connectivity index (χ4n) is 3.51. The molecule has 4 nitrogen and oxygen atoms in total. The molecule has 2 saturated heterocycles. The van der Waals surface area contributed by atoms with Crippen LogP contribution in [0.3, 0.4) is 0 Å². The van der Waals surface area contributed by atoms with Crippen molar-refractivity contribution < 1.29 is 4.79 Å². The number of Topliss-reactive ketones (excluding diaryl/α,β-unsaturated/α-hetero) is 1. The van der Waals surface area contributed by atoms with E-state index in [1.54, 1.807) is 10.9 Å². The highest BCUT2D eigenvalue weighted by Gasteiger charge is 2.41. The summed E-state index contributed by atoms with van der Waals surface area (Å²) in [6.07, 6.45) is 6.21. The Bertz CT molecular complexity index is 451. The zero-order valence-corrected chi connectivity index (χ0v) is 12.4. The van der Waals surface area contributed by atoms with Crippen molar-refractivity contribution in [3.63, 3.8) is 0 Å². The SMILES string of the molecule is CN1C2CCC1CC(C(=O)c1c(Br)cnn1C)C2. The molecule has 1 aromatic heterocycles. The van der Waals surface area contributed by atoms with E-state index in [0.717, 1.165) is 23.0 Å². The summed E-state index contributed by atoms with van der Waals surface area (Å²) in [5.41, 5.74) is 0.726. The Morgan fingerprint density at radius 2 is 1.94 bits per heavy atom. The van der Waals surface area contributed by atoms with Gasteiger partial charge in [-0.3, -0.25) is 9.48 Å². The van der Waals surface area contributed by atoms with Gasteiger partial charge in [-0.15, -0.1) is 0 Å². The van der Waals surface area contributed by atoms with Crippen LogP contribution in [-0.4, -0.2) is 39.6 Å². The summed E-state index contributed by atoms with van der Waals surface area (Å²) in [5, 5.41) is 4.14. The van der Waals surface area contributed by atoms with Crippen LogP contribution in [0.2, 0.25) is 0 Å². The molecule has 2 unspecified atom stereocenters. The molecule has 0 radical (unpaired) electrons. The van der Waals surface area contributed by atoms with E-state index in [4.69, 9.17) is 0 Å². The van der Waals surface area contributed by atoms with Gasteiger partial charge in [0.2, 0.25) is 0 Å². The predicted octanol–water partition coefficient (Wildman–Crippen LogP) is 2.24. The Hall–Kier alpha value is -0.680. The van der Waals surface area contributed by atoms with Gasteiger partial charge in [0.25, 0.3) is 0 Å². The zero-order valence-electron chi connectivity index (χ0n) is 10.8. The number of fused-ring (bicyclic) bond motifs is 2. The molecular weight excluding hydrogens is 294 g/mol. The number of hydrogen-bond donors (Lipinski definition) is 0. The predicted molar refractivity (Wildman–Crippen MR) is 72.5 cm³/mol. The van der Waals surface area contributed by atoms with Gasteiger partial charge in [0.15, 0.2) is 5.78 Å². The fourth-order valence-corrected chi connectivity index (χ4v) is 4.05. The van der Waals surface area contributed by atoms with E-state index in [1.165, 1.54) is 12.8 Å². The molecule has 3 rings (SSSR count). The van der Waals surface area contributed by atoms with Gasteiger partial charge in [0.1, 0.15) is 5.69 Å². The third-order valence-electron chi connectivity index (χ3n) is 4.60. The molecular formula is C13H18BrN3O. The molecule has 1 aromatic rings. The first-order chi connectivity index (χ1) is 8.58. The van der Waals surface area contributed by atoms with Crippen molar-refractivity contribution >= 4 is 21.7 Å². The molecule has 2 bridgehead atoms. The van der Waals surface area contributed by atoms with E-state index in [2.05, 4.69) is 33.0 Å². The maximum absolute atomic E-state index is 12.6. The molecule has 2 aliphatic heterocycles. The molecule has 18 heavy (non-hydrogen) atoms. The average molecular weight is 312 g/mol. The molecule has 0 aliphatic carbocycles. The van der Waals surface area contributed by atoms with Gasteiger partial charge in [-0.25, -0.2) is 0 Å². The standard InChI is InChI=1S/C13H18BrN3O/c1-16-9-3-4-10(16)6-8(5-9)13(18)12-11(14)7-15-17(12)2/h7-10H,3-6H2,1-2H3. The molecule has 2 aliphatic rings. The number of hydrogen-bond acceptors (Lipinski definition) is 3. The van der Waals surface area contributed by atoms with Crippen LogP contribution in [0.4, 0.5) is 0 Å². The fraction of sp³-hybridized carbons (Fsp3) is 0.692. The molecule has 98 valence electrons. The summed E-state index contributed by atoms with van der Waals surface area (Å²) < 4.78 is 2.51. The van der Waals surface area contributed by atoms with Crippen molar-refractivity contribution in [2.24, 2.45) is 13.0 Å². The van der Waals surface area contributed by atoms with E-state index in [9.17, 15) is 4.79 Å². The van der Waals surface area contributed by atoms with Crippen LogP contribution in [0.5, 0.6) is 0 Å². The number of aromatic nitrogens is 2. The number of ketones is 1. The first-order valence-corrected chi connectivity index (χ1v) is 7.31. The normalized spacial score (nSPS) is 31.8. The molecule has 0 aromatic carbocycles. The number of carbonyl (C=O) groups excluding carboxylic acids is 1. The lowest BCUT2D eigenvalue weighted by Gasteiger charge is -2.35. The Kier molecular flexibility index (Phi) is 3.06. The molecule has 3 heterocycles. The minimum atomic E-state index is 0.172. The van der Waals surface area contributed by atoms with E-state index >= 15 is 0 Å². The second-order valence-corrected chi connectivity index (χ2v) is 6.40. The van der Waals surface area contributed by atoms with E-state index in [-0.39, 0.29) is 11.7 Å². The van der Waals surface area contributed by atoms with Gasteiger partial charge in [-0.05, 0) is 48.7 Å². The quantitative estimate of drug-likeness (QED) is 0.786. The Labute approximate surface area is 115 Å². The first kappa shape index (κ1) is 12.4. The number of aryl methyl sites for hydroxylation is 1. The maximum atomic E-state index is 12.6. The maximum Gasteiger partial charge on any atom is 0.185 e. The van der Waals surface area contributed by atoms with Gasteiger partial charge in [-0.1, -0.05) is 0 Å². The van der Waals surface area contributed by atoms with Gasteiger partial charge in [0.05, 0.1) is 10.7 Å². The largest absolute Gasteiger partial charge is 0.300 e. The van der Waals surface area contributed by atoms with Crippen molar-refractivity contribution in [2.45, 2.75) is 37.8 Å². The van der Waals surface area contributed by atoms with Crippen LogP contribution in [0.1, 0.15) is 36.2 Å². The lowest BCUT2D eigenvalue weighted by atomic mass is 9.86. The third kappa shape index (κ3) is 1.84. The van der Waals surface area contributed by atoms with Crippen molar-refractivity contribution in [2.75, 3.05) is 7.05 Å². The minimum absolute atomic E-state index is 0.172. The Morgan fingerprint density at radius 3 is 2.44 bits per heavy atom. The van der Waals surface area contributed by atoms with Crippen LogP contribution in [0.15, 0.2) is 10.7 Å². The number of nitrogens with zero attached hydrogens (tertiary/aromatic N) is 3. The van der Waals surface area contributed by atoms with Crippen LogP contribution in [0.25, 0.3) is 0 Å². The van der Waals surface area contributed by atoms with Crippen LogP contribution < -0.4 is 0 Å². The summed E-state index contributed by atoms with van der Waals surface area (Å²) in [6, 6.07) is 1.20. The highest BCUT2D eigenvalue weighted by Crippen LogP contribution is 2.39. The second-order valence-electron chi connectivity index (χ2n) is 5.55.